The van der Waals surface area contributed by atoms with E-state index >= 15 is 0 Å². The summed E-state index contributed by atoms with van der Waals surface area (Å²) in [6.45, 7) is 0. The van der Waals surface area contributed by atoms with Crippen LogP contribution in [0.5, 0.6) is 0 Å². The second-order valence-corrected chi connectivity index (χ2v) is 3.67. The highest BCUT2D eigenvalue weighted by molar-refractivity contribution is 5.97. The summed E-state index contributed by atoms with van der Waals surface area (Å²) in [5.41, 5.74) is 1.45. The monoisotopic (exact) mass is 215 g/mol. The molecule has 0 aliphatic heterocycles. The summed E-state index contributed by atoms with van der Waals surface area (Å²) in [5.74, 6) is -0.0221. The van der Waals surface area contributed by atoms with E-state index in [0.29, 0.717) is 5.56 Å². The molecule has 0 aliphatic rings. The summed E-state index contributed by atoms with van der Waals surface area (Å²) in [5, 5.41) is 4.13. The molecule has 0 spiro atoms. The van der Waals surface area contributed by atoms with E-state index < -0.39 is 0 Å². The SMILES string of the molecule is CN(C)C(=O)c1ccccc1-n1cccn1. The molecule has 0 unspecified atom stereocenters. The average molecular weight is 215 g/mol. The lowest BCUT2D eigenvalue weighted by molar-refractivity contribution is 0.0827. The average Bonchev–Trinajstić information content (AvgIpc) is 2.81. The highest BCUT2D eigenvalue weighted by Crippen LogP contribution is 2.14. The molecule has 0 N–H and O–H groups in total. The summed E-state index contributed by atoms with van der Waals surface area (Å²) < 4.78 is 1.69. The van der Waals surface area contributed by atoms with Gasteiger partial charge in [0.25, 0.3) is 5.91 Å². The van der Waals surface area contributed by atoms with Crippen molar-refractivity contribution in [2.45, 2.75) is 0 Å². The van der Waals surface area contributed by atoms with E-state index in [1.807, 2.05) is 30.5 Å². The number of hydrogen-bond acceptors (Lipinski definition) is 2. The molecular formula is C12H13N3O. The maximum absolute atomic E-state index is 11.9. The Kier molecular flexibility index (Phi) is 2.72. The van der Waals surface area contributed by atoms with E-state index in [9.17, 15) is 4.79 Å². The van der Waals surface area contributed by atoms with Crippen LogP contribution in [0.25, 0.3) is 5.69 Å². The molecule has 0 aliphatic carbocycles. The lowest BCUT2D eigenvalue weighted by Crippen LogP contribution is -2.23. The van der Waals surface area contributed by atoms with Gasteiger partial charge in [-0.2, -0.15) is 5.10 Å². The van der Waals surface area contributed by atoms with E-state index in [-0.39, 0.29) is 5.91 Å². The van der Waals surface area contributed by atoms with E-state index in [1.165, 1.54) is 0 Å². The Morgan fingerprint density at radius 2 is 2.00 bits per heavy atom. The van der Waals surface area contributed by atoms with Gasteiger partial charge in [0, 0.05) is 26.5 Å². The molecule has 82 valence electrons. The molecule has 0 bridgehead atoms. The van der Waals surface area contributed by atoms with E-state index in [4.69, 9.17) is 0 Å². The zero-order valence-electron chi connectivity index (χ0n) is 9.29. The lowest BCUT2D eigenvalue weighted by Gasteiger charge is -2.13. The molecule has 0 fully saturated rings. The topological polar surface area (TPSA) is 38.1 Å². The quantitative estimate of drug-likeness (QED) is 0.762. The normalized spacial score (nSPS) is 10.1. The second kappa shape index (κ2) is 4.18. The molecule has 4 heteroatoms. The van der Waals surface area contributed by atoms with Crippen LogP contribution in [0, 0.1) is 0 Å². The fourth-order valence-electron chi connectivity index (χ4n) is 1.51. The highest BCUT2D eigenvalue weighted by Gasteiger charge is 2.13. The summed E-state index contributed by atoms with van der Waals surface area (Å²) in [7, 11) is 3.48. The van der Waals surface area contributed by atoms with Gasteiger partial charge in [0.15, 0.2) is 0 Å². The molecule has 0 atom stereocenters. The van der Waals surface area contributed by atoms with Gasteiger partial charge in [0.1, 0.15) is 0 Å². The molecule has 1 amide bonds. The number of carbonyl (C=O) groups is 1. The summed E-state index contributed by atoms with van der Waals surface area (Å²) in [6, 6.07) is 9.26. The number of para-hydroxylation sites is 1. The number of benzene rings is 1. The van der Waals surface area contributed by atoms with Crippen molar-refractivity contribution in [2.24, 2.45) is 0 Å². The third-order valence-electron chi connectivity index (χ3n) is 2.29. The molecule has 1 heterocycles. The van der Waals surface area contributed by atoms with Crippen molar-refractivity contribution in [2.75, 3.05) is 14.1 Å². The Morgan fingerprint density at radius 3 is 2.62 bits per heavy atom. The molecule has 0 saturated carbocycles. The first-order chi connectivity index (χ1) is 7.70. The van der Waals surface area contributed by atoms with Crippen LogP contribution in [0.4, 0.5) is 0 Å². The largest absolute Gasteiger partial charge is 0.345 e. The Bertz CT molecular complexity index is 489. The molecule has 4 nitrogen and oxygen atoms in total. The number of hydrogen-bond donors (Lipinski definition) is 0. The maximum Gasteiger partial charge on any atom is 0.255 e. The van der Waals surface area contributed by atoms with Gasteiger partial charge in [-0.25, -0.2) is 4.68 Å². The van der Waals surface area contributed by atoms with E-state index in [1.54, 1.807) is 35.9 Å². The Morgan fingerprint density at radius 1 is 1.25 bits per heavy atom. The van der Waals surface area contributed by atoms with E-state index in [0.717, 1.165) is 5.69 Å². The molecule has 1 aromatic heterocycles. The number of carbonyl (C=O) groups excluding carboxylic acids is 1. The summed E-state index contributed by atoms with van der Waals surface area (Å²) in [6.07, 6.45) is 3.51. The first-order valence-electron chi connectivity index (χ1n) is 5.01. The predicted molar refractivity (Wildman–Crippen MR) is 61.6 cm³/mol. The fraction of sp³-hybridized carbons (Fsp3) is 0.167. The van der Waals surface area contributed by atoms with Gasteiger partial charge in [-0.05, 0) is 18.2 Å². The summed E-state index contributed by atoms with van der Waals surface area (Å²) in [4.78, 5) is 13.5. The minimum atomic E-state index is -0.0221. The molecular weight excluding hydrogens is 202 g/mol. The Balaban J connectivity index is 2.51. The van der Waals surface area contributed by atoms with Crippen molar-refractivity contribution in [3.05, 3.63) is 48.3 Å². The van der Waals surface area contributed by atoms with Crippen LogP contribution >= 0.6 is 0 Å². The van der Waals surface area contributed by atoms with Crippen LogP contribution in [-0.2, 0) is 0 Å². The lowest BCUT2D eigenvalue weighted by atomic mass is 10.1. The van der Waals surface area contributed by atoms with E-state index in [2.05, 4.69) is 5.10 Å². The highest BCUT2D eigenvalue weighted by atomic mass is 16.2. The van der Waals surface area contributed by atoms with Gasteiger partial charge in [-0.15, -0.1) is 0 Å². The number of rotatable bonds is 2. The van der Waals surface area contributed by atoms with Gasteiger partial charge in [-0.1, -0.05) is 12.1 Å². The van der Waals surface area contributed by atoms with Crippen LogP contribution in [0.15, 0.2) is 42.7 Å². The molecule has 0 saturated heterocycles. The van der Waals surface area contributed by atoms with Crippen LogP contribution in [0.1, 0.15) is 10.4 Å². The van der Waals surface area contributed by atoms with Crippen molar-refractivity contribution < 1.29 is 4.79 Å². The minimum Gasteiger partial charge on any atom is -0.345 e. The van der Waals surface area contributed by atoms with Crippen LogP contribution in [-0.4, -0.2) is 34.7 Å². The number of nitrogens with zero attached hydrogens (tertiary/aromatic N) is 3. The molecule has 2 aromatic rings. The van der Waals surface area contributed by atoms with Crippen LogP contribution in [0.3, 0.4) is 0 Å². The smallest absolute Gasteiger partial charge is 0.255 e. The standard InChI is InChI=1S/C12H13N3O/c1-14(2)12(16)10-6-3-4-7-11(10)15-9-5-8-13-15/h3-9H,1-2H3. The first-order valence-corrected chi connectivity index (χ1v) is 5.01. The third kappa shape index (κ3) is 1.82. The van der Waals surface area contributed by atoms with Crippen LogP contribution in [0.2, 0.25) is 0 Å². The van der Waals surface area contributed by atoms with Crippen molar-refractivity contribution >= 4 is 5.91 Å². The van der Waals surface area contributed by atoms with Gasteiger partial charge in [0.2, 0.25) is 0 Å². The van der Waals surface area contributed by atoms with Gasteiger partial charge in [0.05, 0.1) is 11.3 Å². The fourth-order valence-corrected chi connectivity index (χ4v) is 1.51. The van der Waals surface area contributed by atoms with Crippen molar-refractivity contribution in [3.8, 4) is 5.69 Å². The zero-order valence-corrected chi connectivity index (χ0v) is 9.29. The van der Waals surface area contributed by atoms with Gasteiger partial charge in [-0.3, -0.25) is 4.79 Å². The zero-order chi connectivity index (χ0) is 11.5. The van der Waals surface area contributed by atoms with Crippen molar-refractivity contribution in [3.63, 3.8) is 0 Å². The minimum absolute atomic E-state index is 0.0221. The summed E-state index contributed by atoms with van der Waals surface area (Å²) >= 11 is 0. The predicted octanol–water partition coefficient (Wildman–Crippen LogP) is 1.57. The Labute approximate surface area is 94.1 Å². The molecule has 1 aromatic carbocycles. The van der Waals surface area contributed by atoms with Gasteiger partial charge >= 0.3 is 0 Å². The number of amides is 1. The maximum atomic E-state index is 11.9. The van der Waals surface area contributed by atoms with Crippen molar-refractivity contribution in [1.29, 1.82) is 0 Å². The van der Waals surface area contributed by atoms with Crippen molar-refractivity contribution in [1.82, 2.24) is 14.7 Å². The number of aromatic nitrogens is 2. The van der Waals surface area contributed by atoms with Crippen LogP contribution < -0.4 is 0 Å². The third-order valence-corrected chi connectivity index (χ3v) is 2.29. The first kappa shape index (κ1) is 10.4. The Hall–Kier alpha value is -2.10. The molecule has 0 radical (unpaired) electrons. The molecule has 16 heavy (non-hydrogen) atoms. The van der Waals surface area contributed by atoms with Gasteiger partial charge < -0.3 is 4.90 Å². The molecule has 2 rings (SSSR count). The second-order valence-electron chi connectivity index (χ2n) is 3.67.